The third kappa shape index (κ3) is 5.85. The van der Waals surface area contributed by atoms with Crippen molar-refractivity contribution in [3.8, 4) is 11.5 Å². The monoisotopic (exact) mass is 550 g/mol. The van der Waals surface area contributed by atoms with Crippen molar-refractivity contribution in [3.63, 3.8) is 0 Å². The number of likely N-dealkylation sites (tertiary alicyclic amines) is 1. The minimum Gasteiger partial charge on any atom is -0.497 e. The first-order valence-electron chi connectivity index (χ1n) is 10.8. The van der Waals surface area contributed by atoms with E-state index < -0.39 is 0 Å². The molecule has 1 amide bonds. The van der Waals surface area contributed by atoms with Crippen molar-refractivity contribution in [1.82, 2.24) is 10.2 Å². The highest BCUT2D eigenvalue weighted by Gasteiger charge is 2.26. The average molecular weight is 550 g/mol. The highest BCUT2D eigenvalue weighted by molar-refractivity contribution is 14.0. The number of ether oxygens (including phenoxy) is 2. The van der Waals surface area contributed by atoms with Crippen LogP contribution in [0.25, 0.3) is 0 Å². The summed E-state index contributed by atoms with van der Waals surface area (Å²) in [6.07, 6.45) is 2.39. The second kappa shape index (κ2) is 11.4. The number of carbonyl (C=O) groups is 1. The first-order valence-corrected chi connectivity index (χ1v) is 10.8. The Morgan fingerprint density at radius 2 is 1.97 bits per heavy atom. The number of halogens is 1. The molecule has 2 aliphatic heterocycles. The standard InChI is InChI=1S/C24H30N4O3.HI/c1-25-24(28-13-11-19(16-28)17-3-6-20(30-2)7-4-17)26-12-14-31-21-8-9-22-18(15-21)5-10-23(29)27-22;/h3-4,6-9,15,19H,5,10-14,16H2,1-2H3,(H,25,26)(H,27,29);1H. The Kier molecular flexibility index (Phi) is 8.60. The quantitative estimate of drug-likeness (QED) is 0.249. The molecule has 0 aromatic heterocycles. The number of amides is 1. The molecule has 2 heterocycles. The van der Waals surface area contributed by atoms with Crippen molar-refractivity contribution < 1.29 is 14.3 Å². The number of aliphatic imine (C=N–C) groups is 1. The van der Waals surface area contributed by atoms with Gasteiger partial charge >= 0.3 is 0 Å². The summed E-state index contributed by atoms with van der Waals surface area (Å²) < 4.78 is 11.2. The van der Waals surface area contributed by atoms with Gasteiger partial charge in [-0.25, -0.2) is 0 Å². The maximum absolute atomic E-state index is 11.5. The molecule has 0 bridgehead atoms. The molecule has 0 radical (unpaired) electrons. The summed E-state index contributed by atoms with van der Waals surface area (Å²) in [5, 5.41) is 6.31. The van der Waals surface area contributed by atoms with Crippen LogP contribution in [0.5, 0.6) is 11.5 Å². The van der Waals surface area contributed by atoms with E-state index in [1.165, 1.54) is 5.56 Å². The number of aryl methyl sites for hydroxylation is 1. The summed E-state index contributed by atoms with van der Waals surface area (Å²) in [5.41, 5.74) is 3.36. The van der Waals surface area contributed by atoms with Gasteiger partial charge in [-0.1, -0.05) is 12.1 Å². The number of fused-ring (bicyclic) bond motifs is 1. The molecule has 4 rings (SSSR count). The molecule has 2 N–H and O–H groups in total. The van der Waals surface area contributed by atoms with E-state index >= 15 is 0 Å². The molecule has 1 atom stereocenters. The summed E-state index contributed by atoms with van der Waals surface area (Å²) in [6.45, 7) is 3.14. The summed E-state index contributed by atoms with van der Waals surface area (Å²) in [7, 11) is 3.51. The third-order valence-corrected chi connectivity index (χ3v) is 5.91. The van der Waals surface area contributed by atoms with Crippen molar-refractivity contribution in [2.24, 2.45) is 4.99 Å². The van der Waals surface area contributed by atoms with E-state index in [0.717, 1.165) is 54.6 Å². The van der Waals surface area contributed by atoms with E-state index in [0.29, 0.717) is 25.5 Å². The molecule has 2 aromatic carbocycles. The van der Waals surface area contributed by atoms with E-state index in [4.69, 9.17) is 9.47 Å². The van der Waals surface area contributed by atoms with E-state index in [1.54, 1.807) is 7.11 Å². The number of methoxy groups -OCH3 is 1. The lowest BCUT2D eigenvalue weighted by atomic mass is 9.98. The molecule has 1 unspecified atom stereocenters. The lowest BCUT2D eigenvalue weighted by Crippen LogP contribution is -2.41. The number of nitrogens with zero attached hydrogens (tertiary/aromatic N) is 2. The molecule has 172 valence electrons. The zero-order valence-corrected chi connectivity index (χ0v) is 20.9. The molecule has 2 aromatic rings. The zero-order valence-electron chi connectivity index (χ0n) is 18.6. The van der Waals surface area contributed by atoms with Crippen molar-refractivity contribution in [1.29, 1.82) is 0 Å². The van der Waals surface area contributed by atoms with Crippen LogP contribution in [0.3, 0.4) is 0 Å². The highest BCUT2D eigenvalue weighted by Crippen LogP contribution is 2.29. The lowest BCUT2D eigenvalue weighted by molar-refractivity contribution is -0.116. The van der Waals surface area contributed by atoms with Crippen LogP contribution in [0.4, 0.5) is 5.69 Å². The van der Waals surface area contributed by atoms with Gasteiger partial charge in [0.25, 0.3) is 0 Å². The minimum atomic E-state index is 0. The van der Waals surface area contributed by atoms with Gasteiger partial charge in [-0.3, -0.25) is 9.79 Å². The van der Waals surface area contributed by atoms with Crippen molar-refractivity contribution in [2.75, 3.05) is 45.7 Å². The Hall–Kier alpha value is -2.49. The van der Waals surface area contributed by atoms with Crippen LogP contribution in [0.1, 0.15) is 29.9 Å². The van der Waals surface area contributed by atoms with E-state index in [-0.39, 0.29) is 29.9 Å². The molecule has 8 heteroatoms. The van der Waals surface area contributed by atoms with Crippen LogP contribution >= 0.6 is 24.0 Å². The number of guanidine groups is 1. The summed E-state index contributed by atoms with van der Waals surface area (Å²) in [6, 6.07) is 14.2. The number of hydrogen-bond donors (Lipinski definition) is 2. The largest absolute Gasteiger partial charge is 0.497 e. The van der Waals surface area contributed by atoms with Gasteiger partial charge < -0.3 is 25.0 Å². The second-order valence-corrected chi connectivity index (χ2v) is 7.89. The highest BCUT2D eigenvalue weighted by atomic mass is 127. The molecule has 0 aliphatic carbocycles. The Bertz CT molecular complexity index is 949. The number of nitrogens with one attached hydrogen (secondary N) is 2. The van der Waals surface area contributed by atoms with Gasteiger partial charge in [-0.15, -0.1) is 24.0 Å². The van der Waals surface area contributed by atoms with Gasteiger partial charge in [0.1, 0.15) is 18.1 Å². The molecular formula is C24H31IN4O3. The minimum absolute atomic E-state index is 0. The lowest BCUT2D eigenvalue weighted by Gasteiger charge is -2.22. The first kappa shape index (κ1) is 24.2. The Morgan fingerprint density at radius 1 is 1.19 bits per heavy atom. The zero-order chi connectivity index (χ0) is 21.6. The van der Waals surface area contributed by atoms with Gasteiger partial charge in [0, 0.05) is 38.2 Å². The Labute approximate surface area is 206 Å². The van der Waals surface area contributed by atoms with Crippen LogP contribution < -0.4 is 20.1 Å². The van der Waals surface area contributed by atoms with Gasteiger partial charge in [0.15, 0.2) is 5.96 Å². The molecule has 0 spiro atoms. The smallest absolute Gasteiger partial charge is 0.224 e. The van der Waals surface area contributed by atoms with Crippen LogP contribution in [-0.2, 0) is 11.2 Å². The van der Waals surface area contributed by atoms with Crippen LogP contribution in [0.15, 0.2) is 47.5 Å². The predicted octanol–water partition coefficient (Wildman–Crippen LogP) is 3.64. The van der Waals surface area contributed by atoms with Gasteiger partial charge in [0.05, 0.1) is 13.7 Å². The average Bonchev–Trinajstić information content (AvgIpc) is 3.29. The van der Waals surface area contributed by atoms with Gasteiger partial charge in [-0.05, 0) is 54.3 Å². The van der Waals surface area contributed by atoms with Crippen molar-refractivity contribution >= 4 is 41.5 Å². The van der Waals surface area contributed by atoms with Crippen molar-refractivity contribution in [2.45, 2.75) is 25.2 Å². The van der Waals surface area contributed by atoms with Crippen LogP contribution in [-0.4, -0.2) is 57.2 Å². The Morgan fingerprint density at radius 3 is 2.72 bits per heavy atom. The van der Waals surface area contributed by atoms with E-state index in [9.17, 15) is 4.79 Å². The number of anilines is 1. The molecule has 32 heavy (non-hydrogen) atoms. The molecule has 1 saturated heterocycles. The Balaban J connectivity index is 0.00000289. The van der Waals surface area contributed by atoms with Crippen molar-refractivity contribution in [3.05, 3.63) is 53.6 Å². The maximum Gasteiger partial charge on any atom is 0.224 e. The number of benzene rings is 2. The SMILES string of the molecule is CN=C(NCCOc1ccc2c(c1)CCC(=O)N2)N1CCC(c2ccc(OC)cc2)C1.I. The molecule has 0 saturated carbocycles. The number of hydrogen-bond acceptors (Lipinski definition) is 4. The van der Waals surface area contributed by atoms with E-state index in [1.807, 2.05) is 37.4 Å². The number of rotatable bonds is 6. The molecule has 2 aliphatic rings. The summed E-state index contributed by atoms with van der Waals surface area (Å²) in [4.78, 5) is 18.2. The normalized spacial score (nSPS) is 17.8. The van der Waals surface area contributed by atoms with E-state index in [2.05, 4.69) is 32.7 Å². The fourth-order valence-electron chi connectivity index (χ4n) is 4.21. The maximum atomic E-state index is 11.5. The second-order valence-electron chi connectivity index (χ2n) is 7.89. The molecule has 7 nitrogen and oxygen atoms in total. The van der Waals surface area contributed by atoms with Gasteiger partial charge in [0.2, 0.25) is 5.91 Å². The summed E-state index contributed by atoms with van der Waals surface area (Å²) >= 11 is 0. The molecule has 1 fully saturated rings. The fourth-order valence-corrected chi connectivity index (χ4v) is 4.21. The van der Waals surface area contributed by atoms with Crippen LogP contribution in [0, 0.1) is 0 Å². The fraction of sp³-hybridized carbons (Fsp3) is 0.417. The molecular weight excluding hydrogens is 519 g/mol. The predicted molar refractivity (Wildman–Crippen MR) is 138 cm³/mol. The first-order chi connectivity index (χ1) is 15.2. The number of carbonyl (C=O) groups excluding carboxylic acids is 1. The van der Waals surface area contributed by atoms with Gasteiger partial charge in [-0.2, -0.15) is 0 Å². The third-order valence-electron chi connectivity index (χ3n) is 5.91. The summed E-state index contributed by atoms with van der Waals surface area (Å²) in [5.74, 6) is 3.20. The topological polar surface area (TPSA) is 75.2 Å². The van der Waals surface area contributed by atoms with Crippen LogP contribution in [0.2, 0.25) is 0 Å².